The highest BCUT2D eigenvalue weighted by Gasteiger charge is 2.08. The minimum atomic E-state index is -0.345. The molecule has 0 atom stereocenters. The maximum atomic E-state index is 11.9. The Hall–Kier alpha value is -2.79. The van der Waals surface area contributed by atoms with Gasteiger partial charge < -0.3 is 4.74 Å². The number of esters is 1. The molecule has 0 aliphatic carbocycles. The molecule has 0 heterocycles. The number of hydrogen-bond acceptors (Lipinski definition) is 2. The highest BCUT2D eigenvalue weighted by Crippen LogP contribution is 2.11. The van der Waals surface area contributed by atoms with Crippen molar-refractivity contribution in [2.24, 2.45) is 0 Å². The summed E-state index contributed by atoms with van der Waals surface area (Å²) >= 11 is 0. The molecule has 0 aliphatic heterocycles. The van der Waals surface area contributed by atoms with Gasteiger partial charge in [-0.05, 0) is 36.3 Å². The molecule has 0 saturated carbocycles. The molecule has 2 nitrogen and oxygen atoms in total. The number of aryl methyl sites for hydroxylation is 1. The standard InChI is InChI=1S/C20H18O2/c1-16-8-6-11-17(14-16)12-7-13-19(20(21)22-2)15-18-9-4-3-5-10-18/h3-6,8-11,14-15H,13H2,1-2H3/b19-15+. The average Bonchev–Trinajstić information content (AvgIpc) is 2.54. The maximum Gasteiger partial charge on any atom is 0.334 e. The van der Waals surface area contributed by atoms with Crippen molar-refractivity contribution < 1.29 is 9.53 Å². The molecule has 0 fully saturated rings. The SMILES string of the molecule is COC(=O)/C(=C/c1ccccc1)CC#Cc1cccc(C)c1. The van der Waals surface area contributed by atoms with Crippen molar-refractivity contribution in [3.05, 3.63) is 76.9 Å². The van der Waals surface area contributed by atoms with Crippen LogP contribution in [0, 0.1) is 18.8 Å². The quantitative estimate of drug-likeness (QED) is 0.485. The first-order chi connectivity index (χ1) is 10.7. The van der Waals surface area contributed by atoms with Gasteiger partial charge in [-0.25, -0.2) is 4.79 Å². The fourth-order valence-corrected chi connectivity index (χ4v) is 2.03. The van der Waals surface area contributed by atoms with Gasteiger partial charge in [0.1, 0.15) is 0 Å². The molecule has 0 aliphatic rings. The molecular formula is C20H18O2. The minimum absolute atomic E-state index is 0.345. The topological polar surface area (TPSA) is 26.3 Å². The zero-order valence-corrected chi connectivity index (χ0v) is 12.8. The predicted octanol–water partition coefficient (Wildman–Crippen LogP) is 3.99. The average molecular weight is 290 g/mol. The summed E-state index contributed by atoms with van der Waals surface area (Å²) in [6, 6.07) is 17.7. The van der Waals surface area contributed by atoms with Gasteiger partial charge in [0.2, 0.25) is 0 Å². The number of carbonyl (C=O) groups is 1. The highest BCUT2D eigenvalue weighted by atomic mass is 16.5. The zero-order chi connectivity index (χ0) is 15.8. The van der Waals surface area contributed by atoms with Crippen LogP contribution in [-0.2, 0) is 9.53 Å². The first-order valence-electron chi connectivity index (χ1n) is 7.08. The van der Waals surface area contributed by atoms with Gasteiger partial charge >= 0.3 is 5.97 Å². The molecular weight excluding hydrogens is 272 g/mol. The van der Waals surface area contributed by atoms with Crippen LogP contribution in [0.15, 0.2) is 60.2 Å². The van der Waals surface area contributed by atoms with Crippen LogP contribution in [0.25, 0.3) is 6.08 Å². The largest absolute Gasteiger partial charge is 0.466 e. The summed E-state index contributed by atoms with van der Waals surface area (Å²) in [7, 11) is 1.38. The van der Waals surface area contributed by atoms with Crippen molar-refractivity contribution in [1.29, 1.82) is 0 Å². The third-order valence-corrected chi connectivity index (χ3v) is 3.12. The first-order valence-corrected chi connectivity index (χ1v) is 7.08. The lowest BCUT2D eigenvalue weighted by Crippen LogP contribution is -2.04. The summed E-state index contributed by atoms with van der Waals surface area (Å²) in [5, 5.41) is 0. The van der Waals surface area contributed by atoms with E-state index >= 15 is 0 Å². The maximum absolute atomic E-state index is 11.9. The van der Waals surface area contributed by atoms with Crippen molar-refractivity contribution in [2.45, 2.75) is 13.3 Å². The van der Waals surface area contributed by atoms with Crippen LogP contribution in [0.1, 0.15) is 23.1 Å². The summed E-state index contributed by atoms with van der Waals surface area (Å²) in [5.41, 5.74) is 3.62. The van der Waals surface area contributed by atoms with Gasteiger partial charge in [0.25, 0.3) is 0 Å². The Bertz CT molecular complexity index is 731. The van der Waals surface area contributed by atoms with Gasteiger partial charge in [0, 0.05) is 17.6 Å². The lowest BCUT2D eigenvalue weighted by Gasteiger charge is -2.02. The van der Waals surface area contributed by atoms with E-state index in [4.69, 9.17) is 4.74 Å². The molecule has 0 N–H and O–H groups in total. The van der Waals surface area contributed by atoms with Crippen LogP contribution in [0.5, 0.6) is 0 Å². The molecule has 2 heteroatoms. The minimum Gasteiger partial charge on any atom is -0.466 e. The highest BCUT2D eigenvalue weighted by molar-refractivity contribution is 5.94. The molecule has 22 heavy (non-hydrogen) atoms. The fourth-order valence-electron chi connectivity index (χ4n) is 2.03. The smallest absolute Gasteiger partial charge is 0.334 e. The van der Waals surface area contributed by atoms with Gasteiger partial charge in [-0.15, -0.1) is 0 Å². The number of rotatable bonds is 3. The molecule has 0 radical (unpaired) electrons. The van der Waals surface area contributed by atoms with Crippen molar-refractivity contribution >= 4 is 12.0 Å². The molecule has 0 aromatic heterocycles. The van der Waals surface area contributed by atoms with Crippen molar-refractivity contribution in [2.75, 3.05) is 7.11 Å². The molecule has 110 valence electrons. The van der Waals surface area contributed by atoms with Crippen LogP contribution in [0.3, 0.4) is 0 Å². The van der Waals surface area contributed by atoms with Crippen LogP contribution >= 0.6 is 0 Å². The first kappa shape index (κ1) is 15.6. The number of ether oxygens (including phenoxy) is 1. The number of hydrogen-bond donors (Lipinski definition) is 0. The Morgan fingerprint density at radius 3 is 2.59 bits per heavy atom. The number of carbonyl (C=O) groups excluding carboxylic acids is 1. The van der Waals surface area contributed by atoms with E-state index < -0.39 is 0 Å². The van der Waals surface area contributed by atoms with E-state index in [-0.39, 0.29) is 5.97 Å². The van der Waals surface area contributed by atoms with Crippen molar-refractivity contribution in [1.82, 2.24) is 0 Å². The van der Waals surface area contributed by atoms with Gasteiger partial charge in [-0.1, -0.05) is 54.3 Å². The molecule has 0 bridgehead atoms. The summed E-state index contributed by atoms with van der Waals surface area (Å²) in [6.45, 7) is 2.03. The summed E-state index contributed by atoms with van der Waals surface area (Å²) in [4.78, 5) is 11.9. The van der Waals surface area contributed by atoms with E-state index in [9.17, 15) is 4.79 Å². The molecule has 2 rings (SSSR count). The summed E-state index contributed by atoms with van der Waals surface area (Å²) in [5.74, 6) is 5.78. The lowest BCUT2D eigenvalue weighted by atomic mass is 10.1. The third-order valence-electron chi connectivity index (χ3n) is 3.12. The van der Waals surface area contributed by atoms with Crippen LogP contribution < -0.4 is 0 Å². The van der Waals surface area contributed by atoms with Gasteiger partial charge in [0.05, 0.1) is 7.11 Å². The predicted molar refractivity (Wildman–Crippen MR) is 89.1 cm³/mol. The lowest BCUT2D eigenvalue weighted by molar-refractivity contribution is -0.136. The molecule has 2 aromatic rings. The third kappa shape index (κ3) is 4.64. The number of benzene rings is 2. The van der Waals surface area contributed by atoms with Crippen molar-refractivity contribution in [3.8, 4) is 11.8 Å². The van der Waals surface area contributed by atoms with Crippen molar-refractivity contribution in [3.63, 3.8) is 0 Å². The van der Waals surface area contributed by atoms with Gasteiger partial charge in [-0.3, -0.25) is 0 Å². The van der Waals surface area contributed by atoms with Crippen LogP contribution in [0.4, 0.5) is 0 Å². The Balaban J connectivity index is 2.19. The molecule has 2 aromatic carbocycles. The van der Waals surface area contributed by atoms with Gasteiger partial charge in [0.15, 0.2) is 0 Å². The van der Waals surface area contributed by atoms with E-state index in [1.165, 1.54) is 12.7 Å². The Kier molecular flexibility index (Phi) is 5.57. The van der Waals surface area contributed by atoms with Crippen LogP contribution in [-0.4, -0.2) is 13.1 Å². The van der Waals surface area contributed by atoms with E-state index in [0.717, 1.165) is 11.1 Å². The van der Waals surface area contributed by atoms with Crippen LogP contribution in [0.2, 0.25) is 0 Å². The van der Waals surface area contributed by atoms with E-state index in [2.05, 4.69) is 11.8 Å². The Labute approximate surface area is 131 Å². The summed E-state index contributed by atoms with van der Waals surface area (Å²) in [6.07, 6.45) is 2.17. The normalized spacial score (nSPS) is 10.5. The van der Waals surface area contributed by atoms with E-state index in [1.807, 2.05) is 67.6 Å². The van der Waals surface area contributed by atoms with Gasteiger partial charge in [-0.2, -0.15) is 0 Å². The molecule has 0 amide bonds. The van der Waals surface area contributed by atoms with E-state index in [0.29, 0.717) is 12.0 Å². The Morgan fingerprint density at radius 1 is 1.14 bits per heavy atom. The number of methoxy groups -OCH3 is 1. The second-order valence-corrected chi connectivity index (χ2v) is 4.92. The molecule has 0 spiro atoms. The summed E-state index contributed by atoms with van der Waals surface area (Å²) < 4.78 is 4.83. The molecule has 0 unspecified atom stereocenters. The Morgan fingerprint density at radius 2 is 1.91 bits per heavy atom. The van der Waals surface area contributed by atoms with E-state index in [1.54, 1.807) is 0 Å². The zero-order valence-electron chi connectivity index (χ0n) is 12.8. The second kappa shape index (κ2) is 7.85. The molecule has 0 saturated heterocycles. The second-order valence-electron chi connectivity index (χ2n) is 4.92. The fraction of sp³-hybridized carbons (Fsp3) is 0.150. The monoisotopic (exact) mass is 290 g/mol.